The lowest BCUT2D eigenvalue weighted by atomic mass is 9.48. The van der Waals surface area contributed by atoms with E-state index in [0.717, 1.165) is 11.1 Å². The first-order valence-electron chi connectivity index (χ1n) is 10.3. The lowest BCUT2D eigenvalue weighted by Gasteiger charge is -2.64. The van der Waals surface area contributed by atoms with Gasteiger partial charge in [-0.25, -0.2) is 0 Å². The highest BCUT2D eigenvalue weighted by atomic mass is 19.3. The summed E-state index contributed by atoms with van der Waals surface area (Å²) in [5.41, 5.74) is -0.611. The van der Waals surface area contributed by atoms with E-state index in [4.69, 9.17) is 18.9 Å². The van der Waals surface area contributed by atoms with Gasteiger partial charge in [-0.15, -0.1) is 0 Å². The number of halogens is 2. The van der Waals surface area contributed by atoms with Crippen LogP contribution in [0.5, 0.6) is 11.5 Å². The highest BCUT2D eigenvalue weighted by Crippen LogP contribution is 2.68. The fourth-order valence-electron chi connectivity index (χ4n) is 6.81. The first-order valence-corrected chi connectivity index (χ1v) is 10.3. The molecule has 2 spiro atoms. The molecule has 1 aromatic rings. The Kier molecular flexibility index (Phi) is 3.65. The number of rotatable bonds is 2. The number of piperidine rings is 1. The van der Waals surface area contributed by atoms with Crippen molar-refractivity contribution in [1.29, 1.82) is 0 Å². The third-order valence-electron chi connectivity index (χ3n) is 7.92. The van der Waals surface area contributed by atoms with Crippen LogP contribution in [0.3, 0.4) is 0 Å². The predicted molar refractivity (Wildman–Crippen MR) is 97.7 cm³/mol. The first-order chi connectivity index (χ1) is 14.4. The summed E-state index contributed by atoms with van der Waals surface area (Å²) in [5, 5.41) is 12.1. The number of nitrogens with zero attached hydrogens (tertiary/aromatic N) is 1. The maximum absolute atomic E-state index is 13.4. The molecule has 1 saturated carbocycles. The van der Waals surface area contributed by atoms with Crippen LogP contribution < -0.4 is 9.47 Å². The van der Waals surface area contributed by atoms with Crippen LogP contribution in [0.25, 0.3) is 0 Å². The number of carbonyl (C=O) groups is 1. The third kappa shape index (κ3) is 1.93. The molecule has 0 aromatic heterocycles. The van der Waals surface area contributed by atoms with Crippen LogP contribution in [0.4, 0.5) is 8.78 Å². The molecule has 7 nitrogen and oxygen atoms in total. The van der Waals surface area contributed by atoms with E-state index in [0.29, 0.717) is 31.1 Å². The van der Waals surface area contributed by atoms with Gasteiger partial charge < -0.3 is 29.0 Å². The quantitative estimate of drug-likeness (QED) is 0.775. The highest BCUT2D eigenvalue weighted by Gasteiger charge is 2.77. The Balaban J connectivity index is 1.59. The monoisotopic (exact) mass is 423 g/mol. The molecule has 3 heterocycles. The van der Waals surface area contributed by atoms with Crippen molar-refractivity contribution in [2.45, 2.75) is 61.1 Å². The Labute approximate surface area is 171 Å². The number of methoxy groups -OCH3 is 1. The number of amides is 1. The molecule has 2 bridgehead atoms. The van der Waals surface area contributed by atoms with Gasteiger partial charge in [0.1, 0.15) is 0 Å². The van der Waals surface area contributed by atoms with Crippen molar-refractivity contribution in [2.24, 2.45) is 0 Å². The molecule has 1 N–H and O–H groups in total. The van der Waals surface area contributed by atoms with Crippen LogP contribution in [0.2, 0.25) is 0 Å². The molecule has 162 valence electrons. The van der Waals surface area contributed by atoms with Crippen LogP contribution in [-0.2, 0) is 26.1 Å². The van der Waals surface area contributed by atoms with Crippen molar-refractivity contribution in [3.05, 3.63) is 23.3 Å². The second kappa shape index (κ2) is 5.83. The normalized spacial score (nSPS) is 37.3. The Morgan fingerprint density at radius 1 is 1.27 bits per heavy atom. The maximum atomic E-state index is 13.4. The van der Waals surface area contributed by atoms with Gasteiger partial charge in [-0.2, -0.15) is 8.78 Å². The maximum Gasteiger partial charge on any atom is 0.315 e. The summed E-state index contributed by atoms with van der Waals surface area (Å²) < 4.78 is 50.8. The minimum atomic E-state index is -3.11. The minimum Gasteiger partial charge on any atom is -0.493 e. The number of likely N-dealkylation sites (tertiary alicyclic amines) is 1. The standard InChI is InChI=1S/C21H23F2NO6/c1-27-12-3-2-11-10-13-20(26)4-5-21(28-8-9-29-21)18-19(20,14(11)15(12)30-18)6-7-24(13)17(25)16(22)23/h2-3,13,16,18,26H,4-10H2,1H3/t13-,18-,19+,20-/m1/s1. The van der Waals surface area contributed by atoms with Crippen LogP contribution in [-0.4, -0.2) is 72.7 Å². The fraction of sp³-hybridized carbons (Fsp3) is 0.667. The van der Waals surface area contributed by atoms with E-state index >= 15 is 0 Å². The van der Waals surface area contributed by atoms with Gasteiger partial charge in [0.15, 0.2) is 17.6 Å². The minimum absolute atomic E-state index is 0.113. The topological polar surface area (TPSA) is 77.5 Å². The van der Waals surface area contributed by atoms with Crippen molar-refractivity contribution < 1.29 is 37.6 Å². The average molecular weight is 423 g/mol. The number of alkyl halides is 2. The Morgan fingerprint density at radius 2 is 2.03 bits per heavy atom. The molecule has 5 aliphatic rings. The molecule has 9 heteroatoms. The van der Waals surface area contributed by atoms with Gasteiger partial charge in [0.25, 0.3) is 5.91 Å². The summed E-state index contributed by atoms with van der Waals surface area (Å²) >= 11 is 0. The number of benzene rings is 1. The molecule has 0 radical (unpaired) electrons. The predicted octanol–water partition coefficient (Wildman–Crippen LogP) is 1.38. The molecule has 1 aromatic carbocycles. The number of ether oxygens (including phenoxy) is 4. The lowest BCUT2D eigenvalue weighted by molar-refractivity contribution is -0.295. The third-order valence-corrected chi connectivity index (χ3v) is 7.92. The van der Waals surface area contributed by atoms with Gasteiger partial charge in [0.2, 0.25) is 5.79 Å². The van der Waals surface area contributed by atoms with Crippen molar-refractivity contribution in [3.63, 3.8) is 0 Å². The summed E-state index contributed by atoms with van der Waals surface area (Å²) in [4.78, 5) is 13.5. The number of hydrogen-bond donors (Lipinski definition) is 1. The van der Waals surface area contributed by atoms with Gasteiger partial charge >= 0.3 is 6.43 Å². The van der Waals surface area contributed by atoms with E-state index in [1.54, 1.807) is 13.2 Å². The molecular weight excluding hydrogens is 400 g/mol. The van der Waals surface area contributed by atoms with Gasteiger partial charge in [-0.3, -0.25) is 4.79 Å². The van der Waals surface area contributed by atoms with Gasteiger partial charge in [-0.1, -0.05) is 6.07 Å². The smallest absolute Gasteiger partial charge is 0.315 e. The van der Waals surface area contributed by atoms with Crippen LogP contribution >= 0.6 is 0 Å². The number of aliphatic hydroxyl groups is 1. The Bertz CT molecular complexity index is 934. The second-order valence-electron chi connectivity index (χ2n) is 8.84. The van der Waals surface area contributed by atoms with Crippen LogP contribution in [0.15, 0.2) is 12.1 Å². The molecule has 4 atom stereocenters. The first kappa shape index (κ1) is 18.8. The molecule has 2 aliphatic carbocycles. The van der Waals surface area contributed by atoms with E-state index in [1.807, 2.05) is 6.07 Å². The van der Waals surface area contributed by atoms with E-state index < -0.39 is 41.3 Å². The van der Waals surface area contributed by atoms with Crippen molar-refractivity contribution in [2.75, 3.05) is 26.9 Å². The van der Waals surface area contributed by atoms with E-state index in [9.17, 15) is 18.7 Å². The zero-order valence-electron chi connectivity index (χ0n) is 16.5. The van der Waals surface area contributed by atoms with E-state index in [2.05, 4.69) is 0 Å². The number of carbonyl (C=O) groups excluding carboxylic acids is 1. The van der Waals surface area contributed by atoms with Crippen LogP contribution in [0.1, 0.15) is 30.4 Å². The van der Waals surface area contributed by atoms with Crippen LogP contribution in [0, 0.1) is 0 Å². The Morgan fingerprint density at radius 3 is 2.73 bits per heavy atom. The molecule has 0 unspecified atom stereocenters. The Hall–Kier alpha value is -1.97. The van der Waals surface area contributed by atoms with Crippen molar-refractivity contribution in [3.8, 4) is 11.5 Å². The molecule has 3 fully saturated rings. The summed E-state index contributed by atoms with van der Waals surface area (Å²) in [6, 6.07) is 2.90. The van der Waals surface area contributed by atoms with E-state index in [1.165, 1.54) is 4.90 Å². The van der Waals surface area contributed by atoms with Crippen molar-refractivity contribution >= 4 is 5.91 Å². The fourth-order valence-corrected chi connectivity index (χ4v) is 6.81. The largest absolute Gasteiger partial charge is 0.493 e. The van der Waals surface area contributed by atoms with Crippen molar-refractivity contribution in [1.82, 2.24) is 4.90 Å². The second-order valence-corrected chi connectivity index (χ2v) is 8.84. The molecule has 1 amide bonds. The van der Waals surface area contributed by atoms with Gasteiger partial charge in [0, 0.05) is 18.5 Å². The molecule has 30 heavy (non-hydrogen) atoms. The lowest BCUT2D eigenvalue weighted by Crippen LogP contribution is -2.80. The SMILES string of the molecule is COc1ccc2c3c1O[C@H]1C4(CC[C@@]5(O)[C@@H](C2)N(C(=O)C(F)F)CC[C@]315)OCCO4. The number of hydrogen-bond acceptors (Lipinski definition) is 6. The molecule has 6 rings (SSSR count). The zero-order chi connectivity index (χ0) is 20.9. The molecular formula is C21H23F2NO6. The summed E-state index contributed by atoms with van der Waals surface area (Å²) in [6.45, 7) is 0.963. The van der Waals surface area contributed by atoms with E-state index in [-0.39, 0.29) is 25.8 Å². The summed E-state index contributed by atoms with van der Waals surface area (Å²) in [7, 11) is 1.56. The average Bonchev–Trinajstić information content (AvgIpc) is 3.33. The molecule has 3 aliphatic heterocycles. The zero-order valence-corrected chi connectivity index (χ0v) is 16.5. The number of fused-ring (bicyclic) bond motifs is 1. The summed E-state index contributed by atoms with van der Waals surface area (Å²) in [5.74, 6) is -1.13. The van der Waals surface area contributed by atoms with Gasteiger partial charge in [-0.05, 0) is 30.9 Å². The highest BCUT2D eigenvalue weighted by molar-refractivity contribution is 5.80. The van der Waals surface area contributed by atoms with Gasteiger partial charge in [0.05, 0.1) is 37.4 Å². The molecule has 2 saturated heterocycles. The summed E-state index contributed by atoms with van der Waals surface area (Å²) in [6.07, 6.45) is -2.57.